The van der Waals surface area contributed by atoms with Gasteiger partial charge in [0.15, 0.2) is 0 Å². The van der Waals surface area contributed by atoms with Crippen molar-refractivity contribution in [3.63, 3.8) is 0 Å². The SMILES string of the molecule is CC(NCCOCc1cccs1)c1ccco1. The van der Waals surface area contributed by atoms with Gasteiger partial charge in [-0.15, -0.1) is 11.3 Å². The Morgan fingerprint density at radius 1 is 1.41 bits per heavy atom. The van der Waals surface area contributed by atoms with Crippen LogP contribution in [0.4, 0.5) is 0 Å². The molecular weight excluding hydrogens is 234 g/mol. The summed E-state index contributed by atoms with van der Waals surface area (Å²) < 4.78 is 10.9. The second kappa shape index (κ2) is 6.59. The van der Waals surface area contributed by atoms with E-state index in [0.29, 0.717) is 13.2 Å². The summed E-state index contributed by atoms with van der Waals surface area (Å²) >= 11 is 1.72. The predicted molar refractivity (Wildman–Crippen MR) is 69.1 cm³/mol. The lowest BCUT2D eigenvalue weighted by Crippen LogP contribution is -2.22. The zero-order valence-electron chi connectivity index (χ0n) is 9.89. The summed E-state index contributed by atoms with van der Waals surface area (Å²) in [5.74, 6) is 0.961. The zero-order chi connectivity index (χ0) is 11.9. The highest BCUT2D eigenvalue weighted by molar-refractivity contribution is 7.09. The van der Waals surface area contributed by atoms with Gasteiger partial charge >= 0.3 is 0 Å². The van der Waals surface area contributed by atoms with Crippen molar-refractivity contribution in [3.05, 3.63) is 46.5 Å². The van der Waals surface area contributed by atoms with E-state index in [4.69, 9.17) is 9.15 Å². The average molecular weight is 251 g/mol. The molecule has 17 heavy (non-hydrogen) atoms. The van der Waals surface area contributed by atoms with Crippen molar-refractivity contribution in [1.82, 2.24) is 5.32 Å². The summed E-state index contributed by atoms with van der Waals surface area (Å²) in [5.41, 5.74) is 0. The molecule has 2 aromatic rings. The van der Waals surface area contributed by atoms with E-state index in [1.54, 1.807) is 17.6 Å². The van der Waals surface area contributed by atoms with E-state index in [1.807, 2.05) is 18.2 Å². The normalized spacial score (nSPS) is 12.8. The third kappa shape index (κ3) is 4.00. The molecule has 92 valence electrons. The van der Waals surface area contributed by atoms with Crippen molar-refractivity contribution in [2.75, 3.05) is 13.2 Å². The molecule has 4 heteroatoms. The molecule has 1 atom stereocenters. The highest BCUT2D eigenvalue weighted by atomic mass is 32.1. The lowest BCUT2D eigenvalue weighted by atomic mass is 10.2. The maximum absolute atomic E-state index is 5.56. The largest absolute Gasteiger partial charge is 0.468 e. The minimum atomic E-state index is 0.232. The molecule has 0 aliphatic carbocycles. The van der Waals surface area contributed by atoms with Crippen molar-refractivity contribution in [3.8, 4) is 0 Å². The molecule has 2 heterocycles. The molecule has 1 unspecified atom stereocenters. The number of hydrogen-bond acceptors (Lipinski definition) is 4. The molecule has 2 rings (SSSR count). The fourth-order valence-corrected chi connectivity index (χ4v) is 2.19. The van der Waals surface area contributed by atoms with Gasteiger partial charge in [0.05, 0.1) is 25.5 Å². The van der Waals surface area contributed by atoms with Crippen LogP contribution in [0, 0.1) is 0 Å². The van der Waals surface area contributed by atoms with Crippen LogP contribution in [-0.2, 0) is 11.3 Å². The van der Waals surface area contributed by atoms with Gasteiger partial charge < -0.3 is 14.5 Å². The molecule has 0 saturated heterocycles. The quantitative estimate of drug-likeness (QED) is 0.767. The van der Waals surface area contributed by atoms with Crippen LogP contribution in [0.25, 0.3) is 0 Å². The maximum atomic E-state index is 5.56. The van der Waals surface area contributed by atoms with E-state index >= 15 is 0 Å². The second-order valence-electron chi connectivity index (χ2n) is 3.82. The molecule has 0 spiro atoms. The third-order valence-electron chi connectivity index (χ3n) is 2.49. The number of hydrogen-bond donors (Lipinski definition) is 1. The van der Waals surface area contributed by atoms with Crippen molar-refractivity contribution in [2.45, 2.75) is 19.6 Å². The Morgan fingerprint density at radius 2 is 2.35 bits per heavy atom. The summed E-state index contributed by atoms with van der Waals surface area (Å²) in [6.45, 7) is 4.32. The fourth-order valence-electron chi connectivity index (χ4n) is 1.55. The summed E-state index contributed by atoms with van der Waals surface area (Å²) in [6, 6.07) is 8.24. The minimum Gasteiger partial charge on any atom is -0.468 e. The number of nitrogens with one attached hydrogen (secondary N) is 1. The molecule has 0 fully saturated rings. The Hall–Kier alpha value is -1.10. The zero-order valence-corrected chi connectivity index (χ0v) is 10.7. The Morgan fingerprint density at radius 3 is 3.06 bits per heavy atom. The van der Waals surface area contributed by atoms with Gasteiger partial charge in [0, 0.05) is 11.4 Å². The first-order chi connectivity index (χ1) is 8.36. The van der Waals surface area contributed by atoms with Crippen LogP contribution in [0.1, 0.15) is 23.6 Å². The average Bonchev–Trinajstić information content (AvgIpc) is 3.01. The molecule has 0 amide bonds. The highest BCUT2D eigenvalue weighted by Gasteiger charge is 2.06. The van der Waals surface area contributed by atoms with Crippen molar-refractivity contribution >= 4 is 11.3 Å². The van der Waals surface area contributed by atoms with Gasteiger partial charge in [-0.05, 0) is 30.5 Å². The summed E-state index contributed by atoms with van der Waals surface area (Å²) in [4.78, 5) is 1.27. The summed E-state index contributed by atoms with van der Waals surface area (Å²) in [7, 11) is 0. The third-order valence-corrected chi connectivity index (χ3v) is 3.34. The van der Waals surface area contributed by atoms with E-state index in [1.165, 1.54) is 4.88 Å². The number of thiophene rings is 1. The van der Waals surface area contributed by atoms with Gasteiger partial charge in [-0.1, -0.05) is 6.07 Å². The van der Waals surface area contributed by atoms with E-state index in [-0.39, 0.29) is 6.04 Å². The molecule has 0 aliphatic heterocycles. The molecule has 1 N–H and O–H groups in total. The van der Waals surface area contributed by atoms with Gasteiger partial charge in [-0.2, -0.15) is 0 Å². The number of rotatable bonds is 7. The second-order valence-corrected chi connectivity index (χ2v) is 4.86. The van der Waals surface area contributed by atoms with Crippen LogP contribution in [0.3, 0.4) is 0 Å². The Kier molecular flexibility index (Phi) is 4.79. The lowest BCUT2D eigenvalue weighted by molar-refractivity contribution is 0.122. The van der Waals surface area contributed by atoms with Gasteiger partial charge in [0.25, 0.3) is 0 Å². The standard InChI is InChI=1S/C13H17NO2S/c1-11(13-5-2-7-16-13)14-6-8-15-10-12-4-3-9-17-12/h2-5,7,9,11,14H,6,8,10H2,1H3. The van der Waals surface area contributed by atoms with E-state index in [2.05, 4.69) is 23.7 Å². The van der Waals surface area contributed by atoms with Crippen LogP contribution in [0.2, 0.25) is 0 Å². The fraction of sp³-hybridized carbons (Fsp3) is 0.385. The first-order valence-corrected chi connectivity index (χ1v) is 6.61. The maximum Gasteiger partial charge on any atom is 0.120 e. The van der Waals surface area contributed by atoms with Gasteiger partial charge in [-0.3, -0.25) is 0 Å². The molecule has 0 bridgehead atoms. The van der Waals surface area contributed by atoms with Crippen LogP contribution in [-0.4, -0.2) is 13.2 Å². The first-order valence-electron chi connectivity index (χ1n) is 5.73. The van der Waals surface area contributed by atoms with E-state index in [9.17, 15) is 0 Å². The predicted octanol–water partition coefficient (Wildman–Crippen LogP) is 3.21. The lowest BCUT2D eigenvalue weighted by Gasteiger charge is -2.11. The Balaban J connectivity index is 1.57. The van der Waals surface area contributed by atoms with Gasteiger partial charge in [-0.25, -0.2) is 0 Å². The van der Waals surface area contributed by atoms with Crippen LogP contribution in [0.15, 0.2) is 40.3 Å². The number of furan rings is 1. The van der Waals surface area contributed by atoms with Gasteiger partial charge in [0.2, 0.25) is 0 Å². The van der Waals surface area contributed by atoms with Crippen LogP contribution >= 0.6 is 11.3 Å². The summed E-state index contributed by atoms with van der Waals surface area (Å²) in [5, 5.41) is 5.42. The molecule has 2 aromatic heterocycles. The highest BCUT2D eigenvalue weighted by Crippen LogP contribution is 2.12. The first kappa shape index (κ1) is 12.4. The Bertz CT molecular complexity index is 397. The van der Waals surface area contributed by atoms with E-state index < -0.39 is 0 Å². The van der Waals surface area contributed by atoms with Crippen molar-refractivity contribution in [2.24, 2.45) is 0 Å². The molecule has 0 radical (unpaired) electrons. The number of ether oxygens (including phenoxy) is 1. The molecule has 0 saturated carbocycles. The topological polar surface area (TPSA) is 34.4 Å². The van der Waals surface area contributed by atoms with E-state index in [0.717, 1.165) is 12.3 Å². The van der Waals surface area contributed by atoms with Crippen LogP contribution in [0.5, 0.6) is 0 Å². The molecular formula is C13H17NO2S. The smallest absolute Gasteiger partial charge is 0.120 e. The summed E-state index contributed by atoms with van der Waals surface area (Å²) in [6.07, 6.45) is 1.70. The van der Waals surface area contributed by atoms with Crippen LogP contribution < -0.4 is 5.32 Å². The molecule has 0 aliphatic rings. The van der Waals surface area contributed by atoms with Gasteiger partial charge in [0.1, 0.15) is 5.76 Å². The monoisotopic (exact) mass is 251 g/mol. The van der Waals surface area contributed by atoms with Crippen molar-refractivity contribution < 1.29 is 9.15 Å². The molecule has 0 aromatic carbocycles. The minimum absolute atomic E-state index is 0.232. The Labute approximate surface area is 105 Å². The molecule has 3 nitrogen and oxygen atoms in total. The van der Waals surface area contributed by atoms with Crippen molar-refractivity contribution in [1.29, 1.82) is 0 Å².